The Balaban J connectivity index is 2.81. The standard InChI is InChI=1S/C17H29NO/c1-4-7-11-17(5-2,14-18-6-3)13-15-9-8-10-16(19)12-15/h8-10,12,18-19H,4-7,11,13-14H2,1-3H3. The van der Waals surface area contributed by atoms with Crippen LogP contribution < -0.4 is 5.32 Å². The minimum atomic E-state index is 0.319. The molecule has 0 aliphatic carbocycles. The molecule has 19 heavy (non-hydrogen) atoms. The van der Waals surface area contributed by atoms with Crippen molar-refractivity contribution in [2.24, 2.45) is 5.41 Å². The van der Waals surface area contributed by atoms with Crippen molar-refractivity contribution in [2.75, 3.05) is 13.1 Å². The zero-order valence-electron chi connectivity index (χ0n) is 12.7. The van der Waals surface area contributed by atoms with Crippen LogP contribution in [0, 0.1) is 5.41 Å². The van der Waals surface area contributed by atoms with Gasteiger partial charge in [-0.3, -0.25) is 0 Å². The smallest absolute Gasteiger partial charge is 0.115 e. The zero-order valence-corrected chi connectivity index (χ0v) is 12.7. The molecule has 0 radical (unpaired) electrons. The van der Waals surface area contributed by atoms with E-state index in [9.17, 15) is 5.11 Å². The van der Waals surface area contributed by atoms with E-state index in [1.54, 1.807) is 6.07 Å². The van der Waals surface area contributed by atoms with Crippen LogP contribution >= 0.6 is 0 Å². The second-order valence-electron chi connectivity index (χ2n) is 5.58. The van der Waals surface area contributed by atoms with E-state index in [0.29, 0.717) is 11.2 Å². The molecule has 108 valence electrons. The number of benzene rings is 1. The number of unbranched alkanes of at least 4 members (excludes halogenated alkanes) is 1. The van der Waals surface area contributed by atoms with E-state index in [4.69, 9.17) is 0 Å². The molecular formula is C17H29NO. The summed E-state index contributed by atoms with van der Waals surface area (Å²) in [6, 6.07) is 7.72. The Labute approximate surface area is 118 Å². The summed E-state index contributed by atoms with van der Waals surface area (Å²) in [6.07, 6.45) is 6.00. The summed E-state index contributed by atoms with van der Waals surface area (Å²) < 4.78 is 0. The summed E-state index contributed by atoms with van der Waals surface area (Å²) in [5.41, 5.74) is 1.57. The molecule has 0 saturated carbocycles. The first-order valence-corrected chi connectivity index (χ1v) is 7.64. The Morgan fingerprint density at radius 1 is 1.21 bits per heavy atom. The van der Waals surface area contributed by atoms with Crippen molar-refractivity contribution in [1.82, 2.24) is 5.32 Å². The number of phenols is 1. The lowest BCUT2D eigenvalue weighted by Crippen LogP contribution is -2.35. The van der Waals surface area contributed by atoms with Crippen LogP contribution in [0.3, 0.4) is 0 Å². The Morgan fingerprint density at radius 2 is 2.00 bits per heavy atom. The van der Waals surface area contributed by atoms with Crippen molar-refractivity contribution in [1.29, 1.82) is 0 Å². The Kier molecular flexibility index (Phi) is 6.93. The quantitative estimate of drug-likeness (QED) is 0.702. The molecule has 0 saturated heterocycles. The maximum atomic E-state index is 9.62. The molecule has 2 N–H and O–H groups in total. The van der Waals surface area contributed by atoms with Gasteiger partial charge in [-0.15, -0.1) is 0 Å². The number of hydrogen-bond acceptors (Lipinski definition) is 2. The molecule has 0 aromatic heterocycles. The number of phenolic OH excluding ortho intramolecular Hbond substituents is 1. The molecule has 0 aliphatic heterocycles. The third-order valence-electron chi connectivity index (χ3n) is 4.05. The highest BCUT2D eigenvalue weighted by Gasteiger charge is 2.27. The van der Waals surface area contributed by atoms with E-state index >= 15 is 0 Å². The number of rotatable bonds is 9. The van der Waals surface area contributed by atoms with Crippen LogP contribution in [-0.4, -0.2) is 18.2 Å². The van der Waals surface area contributed by atoms with Gasteiger partial charge in [0, 0.05) is 6.54 Å². The molecule has 1 aromatic rings. The van der Waals surface area contributed by atoms with Gasteiger partial charge in [0.2, 0.25) is 0 Å². The van der Waals surface area contributed by atoms with Crippen LogP contribution in [0.1, 0.15) is 52.0 Å². The minimum absolute atomic E-state index is 0.319. The van der Waals surface area contributed by atoms with Crippen molar-refractivity contribution >= 4 is 0 Å². The highest BCUT2D eigenvalue weighted by atomic mass is 16.3. The molecule has 0 aliphatic rings. The predicted molar refractivity (Wildman–Crippen MR) is 82.6 cm³/mol. The van der Waals surface area contributed by atoms with Gasteiger partial charge in [0.15, 0.2) is 0 Å². The number of aromatic hydroxyl groups is 1. The van der Waals surface area contributed by atoms with Gasteiger partial charge in [0.25, 0.3) is 0 Å². The Hall–Kier alpha value is -1.02. The van der Waals surface area contributed by atoms with E-state index in [1.165, 1.54) is 31.2 Å². The van der Waals surface area contributed by atoms with Gasteiger partial charge in [0.05, 0.1) is 0 Å². The number of hydrogen-bond donors (Lipinski definition) is 2. The largest absolute Gasteiger partial charge is 0.508 e. The molecule has 0 amide bonds. The third-order valence-corrected chi connectivity index (χ3v) is 4.05. The molecule has 0 spiro atoms. The fraction of sp³-hybridized carbons (Fsp3) is 0.647. The summed E-state index contributed by atoms with van der Waals surface area (Å²) in [7, 11) is 0. The van der Waals surface area contributed by atoms with Gasteiger partial charge in [0.1, 0.15) is 5.75 Å². The molecule has 1 unspecified atom stereocenters. The zero-order chi connectivity index (χ0) is 14.1. The number of nitrogens with one attached hydrogen (secondary N) is 1. The van der Waals surface area contributed by atoms with E-state index in [1.807, 2.05) is 12.1 Å². The molecule has 0 fully saturated rings. The topological polar surface area (TPSA) is 32.3 Å². The van der Waals surface area contributed by atoms with Crippen molar-refractivity contribution in [3.8, 4) is 5.75 Å². The first kappa shape index (κ1) is 16.0. The van der Waals surface area contributed by atoms with E-state index < -0.39 is 0 Å². The first-order valence-electron chi connectivity index (χ1n) is 7.64. The van der Waals surface area contributed by atoms with Crippen molar-refractivity contribution in [3.05, 3.63) is 29.8 Å². The molecule has 1 rings (SSSR count). The molecular weight excluding hydrogens is 234 g/mol. The van der Waals surface area contributed by atoms with Crippen LogP contribution in [0.2, 0.25) is 0 Å². The van der Waals surface area contributed by atoms with Crippen LogP contribution in [0.25, 0.3) is 0 Å². The van der Waals surface area contributed by atoms with Crippen LogP contribution in [0.4, 0.5) is 0 Å². The minimum Gasteiger partial charge on any atom is -0.508 e. The van der Waals surface area contributed by atoms with Crippen molar-refractivity contribution < 1.29 is 5.11 Å². The van der Waals surface area contributed by atoms with Gasteiger partial charge < -0.3 is 10.4 Å². The summed E-state index contributed by atoms with van der Waals surface area (Å²) in [4.78, 5) is 0. The summed E-state index contributed by atoms with van der Waals surface area (Å²) in [5.74, 6) is 0.376. The average Bonchev–Trinajstić information content (AvgIpc) is 2.42. The van der Waals surface area contributed by atoms with Gasteiger partial charge in [-0.2, -0.15) is 0 Å². The van der Waals surface area contributed by atoms with Crippen molar-refractivity contribution in [2.45, 2.75) is 52.9 Å². The molecule has 2 nitrogen and oxygen atoms in total. The van der Waals surface area contributed by atoms with E-state index in [-0.39, 0.29) is 0 Å². The monoisotopic (exact) mass is 263 g/mol. The van der Waals surface area contributed by atoms with Crippen LogP contribution in [0.5, 0.6) is 5.75 Å². The predicted octanol–water partition coefficient (Wildman–Crippen LogP) is 4.13. The average molecular weight is 263 g/mol. The first-order chi connectivity index (χ1) is 9.15. The highest BCUT2D eigenvalue weighted by molar-refractivity contribution is 5.28. The highest BCUT2D eigenvalue weighted by Crippen LogP contribution is 2.33. The van der Waals surface area contributed by atoms with E-state index in [0.717, 1.165) is 19.5 Å². The summed E-state index contributed by atoms with van der Waals surface area (Å²) in [5, 5.41) is 13.1. The second kappa shape index (κ2) is 8.21. The maximum absolute atomic E-state index is 9.62. The van der Waals surface area contributed by atoms with Gasteiger partial charge in [-0.25, -0.2) is 0 Å². The van der Waals surface area contributed by atoms with Crippen LogP contribution in [-0.2, 0) is 6.42 Å². The lowest BCUT2D eigenvalue weighted by molar-refractivity contribution is 0.230. The SMILES string of the molecule is CCCCC(CC)(CNCC)Cc1cccc(O)c1. The molecule has 1 atom stereocenters. The molecule has 0 heterocycles. The molecule has 2 heteroatoms. The Morgan fingerprint density at radius 3 is 2.58 bits per heavy atom. The van der Waals surface area contributed by atoms with Gasteiger partial charge in [-0.1, -0.05) is 45.7 Å². The summed E-state index contributed by atoms with van der Waals surface area (Å²) in [6.45, 7) is 8.79. The van der Waals surface area contributed by atoms with E-state index in [2.05, 4.69) is 32.2 Å². The normalized spacial score (nSPS) is 14.3. The molecule has 1 aromatic carbocycles. The maximum Gasteiger partial charge on any atom is 0.115 e. The lowest BCUT2D eigenvalue weighted by Gasteiger charge is -2.33. The summed E-state index contributed by atoms with van der Waals surface area (Å²) >= 11 is 0. The fourth-order valence-corrected chi connectivity index (χ4v) is 2.71. The van der Waals surface area contributed by atoms with Crippen molar-refractivity contribution in [3.63, 3.8) is 0 Å². The lowest BCUT2D eigenvalue weighted by atomic mass is 9.75. The second-order valence-corrected chi connectivity index (χ2v) is 5.58. The van der Waals surface area contributed by atoms with Gasteiger partial charge >= 0.3 is 0 Å². The Bertz CT molecular complexity index is 354. The molecule has 0 bridgehead atoms. The van der Waals surface area contributed by atoms with Crippen LogP contribution in [0.15, 0.2) is 24.3 Å². The third kappa shape index (κ3) is 5.23. The van der Waals surface area contributed by atoms with Gasteiger partial charge in [-0.05, 0) is 48.9 Å². The fourth-order valence-electron chi connectivity index (χ4n) is 2.71.